The van der Waals surface area contributed by atoms with Gasteiger partial charge in [-0.15, -0.1) is 0 Å². The average molecular weight is 212 g/mol. The summed E-state index contributed by atoms with van der Waals surface area (Å²) in [6.45, 7) is 9.55. The highest BCUT2D eigenvalue weighted by molar-refractivity contribution is 5.73. The van der Waals surface area contributed by atoms with Gasteiger partial charge in [0.2, 0.25) is 5.91 Å². The summed E-state index contributed by atoms with van der Waals surface area (Å²) in [5.74, 6) is 0.901. The van der Waals surface area contributed by atoms with Crippen molar-refractivity contribution in [1.82, 2.24) is 9.80 Å². The predicted molar refractivity (Wildman–Crippen MR) is 62.7 cm³/mol. The highest BCUT2D eigenvalue weighted by atomic mass is 16.2. The molecule has 0 aromatic carbocycles. The van der Waals surface area contributed by atoms with Gasteiger partial charge in [0.05, 0.1) is 0 Å². The first-order valence-corrected chi connectivity index (χ1v) is 5.96. The number of amides is 1. The zero-order valence-corrected chi connectivity index (χ0v) is 10.5. The molecule has 1 heterocycles. The van der Waals surface area contributed by atoms with Gasteiger partial charge in [-0.05, 0) is 25.3 Å². The number of carbonyl (C=O) groups excluding carboxylic acids is 1. The average Bonchev–Trinajstić information content (AvgIpc) is 2.16. The third-order valence-electron chi connectivity index (χ3n) is 3.15. The fourth-order valence-corrected chi connectivity index (χ4v) is 2.29. The standard InChI is InChI=1S/C12H24N2O/c1-10(2)8-14-7-5-6-12(9-14)13(4)11(3)15/h10,12H,5-9H2,1-4H3/t12-/m1/s1. The molecule has 0 aliphatic carbocycles. The van der Waals surface area contributed by atoms with Crippen molar-refractivity contribution in [3.8, 4) is 0 Å². The molecule has 1 aliphatic rings. The molecule has 0 bridgehead atoms. The Bertz CT molecular complexity index is 216. The van der Waals surface area contributed by atoms with Crippen LogP contribution in [0, 0.1) is 5.92 Å². The second-order valence-electron chi connectivity index (χ2n) is 5.08. The number of piperidine rings is 1. The molecule has 0 aromatic heterocycles. The Morgan fingerprint density at radius 2 is 2.20 bits per heavy atom. The maximum absolute atomic E-state index is 11.3. The van der Waals surface area contributed by atoms with Crippen molar-refractivity contribution in [2.75, 3.05) is 26.7 Å². The zero-order chi connectivity index (χ0) is 11.4. The van der Waals surface area contributed by atoms with Crippen LogP contribution in [0.4, 0.5) is 0 Å². The van der Waals surface area contributed by atoms with Crippen molar-refractivity contribution in [2.24, 2.45) is 5.92 Å². The second kappa shape index (κ2) is 5.50. The SMILES string of the molecule is CC(=O)N(C)[C@@H]1CCCN(CC(C)C)C1. The van der Waals surface area contributed by atoms with Crippen LogP contribution in [0.2, 0.25) is 0 Å². The number of nitrogens with zero attached hydrogens (tertiary/aromatic N) is 2. The Morgan fingerprint density at radius 1 is 1.53 bits per heavy atom. The van der Waals surface area contributed by atoms with E-state index in [1.165, 1.54) is 13.0 Å². The lowest BCUT2D eigenvalue weighted by Crippen LogP contribution is -2.48. The van der Waals surface area contributed by atoms with E-state index in [2.05, 4.69) is 18.7 Å². The van der Waals surface area contributed by atoms with Gasteiger partial charge in [0.25, 0.3) is 0 Å². The van der Waals surface area contributed by atoms with Gasteiger partial charge in [0.15, 0.2) is 0 Å². The molecule has 88 valence electrons. The van der Waals surface area contributed by atoms with Crippen molar-refractivity contribution in [3.63, 3.8) is 0 Å². The van der Waals surface area contributed by atoms with Gasteiger partial charge in [-0.1, -0.05) is 13.8 Å². The summed E-state index contributed by atoms with van der Waals surface area (Å²) >= 11 is 0. The number of hydrogen-bond acceptors (Lipinski definition) is 2. The van der Waals surface area contributed by atoms with Gasteiger partial charge in [-0.2, -0.15) is 0 Å². The molecule has 1 atom stereocenters. The fourth-order valence-electron chi connectivity index (χ4n) is 2.29. The Hall–Kier alpha value is -0.570. The molecule has 0 N–H and O–H groups in total. The van der Waals surface area contributed by atoms with Crippen LogP contribution < -0.4 is 0 Å². The molecule has 3 heteroatoms. The summed E-state index contributed by atoms with van der Waals surface area (Å²) in [4.78, 5) is 15.7. The molecular weight excluding hydrogens is 188 g/mol. The van der Waals surface area contributed by atoms with Crippen molar-refractivity contribution >= 4 is 5.91 Å². The first-order chi connectivity index (χ1) is 7.00. The predicted octanol–water partition coefficient (Wildman–Crippen LogP) is 1.59. The van der Waals surface area contributed by atoms with Crippen LogP contribution in [-0.2, 0) is 4.79 Å². The summed E-state index contributed by atoms with van der Waals surface area (Å²) < 4.78 is 0. The summed E-state index contributed by atoms with van der Waals surface area (Å²) in [6, 6.07) is 0.426. The van der Waals surface area contributed by atoms with Crippen LogP contribution in [0.1, 0.15) is 33.6 Å². The number of hydrogen-bond donors (Lipinski definition) is 0. The van der Waals surface area contributed by atoms with E-state index in [0.717, 1.165) is 19.5 Å². The van der Waals surface area contributed by atoms with Crippen LogP contribution >= 0.6 is 0 Å². The van der Waals surface area contributed by atoms with E-state index in [4.69, 9.17) is 0 Å². The molecule has 0 saturated carbocycles. The van der Waals surface area contributed by atoms with E-state index in [1.54, 1.807) is 6.92 Å². The van der Waals surface area contributed by atoms with E-state index in [0.29, 0.717) is 12.0 Å². The summed E-state index contributed by atoms with van der Waals surface area (Å²) in [5.41, 5.74) is 0. The lowest BCUT2D eigenvalue weighted by Gasteiger charge is -2.38. The molecule has 1 rings (SSSR count). The topological polar surface area (TPSA) is 23.6 Å². The van der Waals surface area contributed by atoms with Crippen LogP contribution in [0.5, 0.6) is 0 Å². The number of likely N-dealkylation sites (tertiary alicyclic amines) is 1. The van der Waals surface area contributed by atoms with Crippen molar-refractivity contribution in [2.45, 2.75) is 39.7 Å². The molecule has 0 unspecified atom stereocenters. The number of likely N-dealkylation sites (N-methyl/N-ethyl adjacent to an activating group) is 1. The molecule has 15 heavy (non-hydrogen) atoms. The van der Waals surface area contributed by atoms with Gasteiger partial charge in [-0.3, -0.25) is 4.79 Å². The Morgan fingerprint density at radius 3 is 2.73 bits per heavy atom. The van der Waals surface area contributed by atoms with Crippen molar-refractivity contribution < 1.29 is 4.79 Å². The molecule has 0 radical (unpaired) electrons. The minimum atomic E-state index is 0.186. The van der Waals surface area contributed by atoms with Crippen molar-refractivity contribution in [3.05, 3.63) is 0 Å². The Kier molecular flexibility index (Phi) is 4.58. The van der Waals surface area contributed by atoms with Crippen molar-refractivity contribution in [1.29, 1.82) is 0 Å². The fraction of sp³-hybridized carbons (Fsp3) is 0.917. The summed E-state index contributed by atoms with van der Waals surface area (Å²) in [6.07, 6.45) is 2.37. The van der Waals surface area contributed by atoms with E-state index in [-0.39, 0.29) is 5.91 Å². The maximum atomic E-state index is 11.3. The molecule has 1 saturated heterocycles. The quantitative estimate of drug-likeness (QED) is 0.709. The maximum Gasteiger partial charge on any atom is 0.219 e. The van der Waals surface area contributed by atoms with Gasteiger partial charge >= 0.3 is 0 Å². The Labute approximate surface area is 93.4 Å². The third kappa shape index (κ3) is 3.82. The molecule has 0 spiro atoms. The van der Waals surface area contributed by atoms with Crippen LogP contribution in [-0.4, -0.2) is 48.4 Å². The first kappa shape index (κ1) is 12.5. The normalized spacial score (nSPS) is 23.1. The van der Waals surface area contributed by atoms with E-state index in [9.17, 15) is 4.79 Å². The van der Waals surface area contributed by atoms with Gasteiger partial charge in [0, 0.05) is 33.1 Å². The lowest BCUT2D eigenvalue weighted by molar-refractivity contribution is -0.130. The third-order valence-corrected chi connectivity index (χ3v) is 3.15. The largest absolute Gasteiger partial charge is 0.342 e. The second-order valence-corrected chi connectivity index (χ2v) is 5.08. The highest BCUT2D eigenvalue weighted by Crippen LogP contribution is 2.15. The number of rotatable bonds is 3. The molecule has 3 nitrogen and oxygen atoms in total. The van der Waals surface area contributed by atoms with E-state index in [1.807, 2.05) is 11.9 Å². The minimum absolute atomic E-state index is 0.186. The lowest BCUT2D eigenvalue weighted by atomic mass is 10.0. The highest BCUT2D eigenvalue weighted by Gasteiger charge is 2.24. The zero-order valence-electron chi connectivity index (χ0n) is 10.5. The van der Waals surface area contributed by atoms with E-state index < -0.39 is 0 Å². The molecule has 1 fully saturated rings. The van der Waals surface area contributed by atoms with Gasteiger partial charge in [-0.25, -0.2) is 0 Å². The first-order valence-electron chi connectivity index (χ1n) is 5.96. The number of carbonyl (C=O) groups is 1. The summed E-state index contributed by atoms with van der Waals surface area (Å²) in [7, 11) is 1.92. The molecule has 1 aliphatic heterocycles. The Balaban J connectivity index is 2.45. The van der Waals surface area contributed by atoms with Crippen LogP contribution in [0.15, 0.2) is 0 Å². The molecule has 1 amide bonds. The van der Waals surface area contributed by atoms with Gasteiger partial charge in [0.1, 0.15) is 0 Å². The molecular formula is C12H24N2O. The minimum Gasteiger partial charge on any atom is -0.342 e. The smallest absolute Gasteiger partial charge is 0.219 e. The van der Waals surface area contributed by atoms with Crippen LogP contribution in [0.25, 0.3) is 0 Å². The summed E-state index contributed by atoms with van der Waals surface area (Å²) in [5, 5.41) is 0. The van der Waals surface area contributed by atoms with E-state index >= 15 is 0 Å². The molecule has 0 aromatic rings. The van der Waals surface area contributed by atoms with Crippen LogP contribution in [0.3, 0.4) is 0 Å². The van der Waals surface area contributed by atoms with Gasteiger partial charge < -0.3 is 9.80 Å². The monoisotopic (exact) mass is 212 g/mol.